The minimum atomic E-state index is -0.347. The number of rotatable bonds is 3. The van der Waals surface area contributed by atoms with Gasteiger partial charge in [0, 0.05) is 5.92 Å². The average Bonchev–Trinajstić information content (AvgIpc) is 1.72. The fourth-order valence-corrected chi connectivity index (χ4v) is 0.173. The Morgan fingerprint density at radius 2 is 1.11 bits per heavy atom. The van der Waals surface area contributed by atoms with Gasteiger partial charge in [-0.1, -0.05) is 0 Å². The second-order valence-corrected chi connectivity index (χ2v) is 1.41. The summed E-state index contributed by atoms with van der Waals surface area (Å²) in [5, 5.41) is 24.6. The molecule has 0 aliphatic rings. The number of hydrogen-bond donors (Lipinski definition) is 4. The highest BCUT2D eigenvalue weighted by atomic mass is 35.5. The van der Waals surface area contributed by atoms with E-state index in [1.54, 1.807) is 0 Å². The zero-order valence-corrected chi connectivity index (χ0v) is 5.97. The number of hydrogen-bond acceptors (Lipinski definition) is 4. The van der Waals surface area contributed by atoms with Crippen LogP contribution in [-0.2, 0) is 0 Å². The van der Waals surface area contributed by atoms with E-state index in [1.165, 1.54) is 0 Å². The minimum absolute atomic E-state index is 0. The maximum absolute atomic E-state index is 8.21. The molecule has 4 nitrogen and oxygen atoms in total. The van der Waals surface area contributed by atoms with Crippen LogP contribution in [0.2, 0.25) is 0 Å². The molecule has 0 aromatic carbocycles. The fourth-order valence-electron chi connectivity index (χ4n) is 0.173. The Labute approximate surface area is 60.5 Å². The Hall–Kier alpha value is 0.130. The molecule has 0 amide bonds. The van der Waals surface area contributed by atoms with E-state index in [1.807, 2.05) is 0 Å². The van der Waals surface area contributed by atoms with E-state index >= 15 is 0 Å². The van der Waals surface area contributed by atoms with Gasteiger partial charge in [0.1, 0.15) is 0 Å². The van der Waals surface area contributed by atoms with Gasteiger partial charge >= 0.3 is 0 Å². The van der Waals surface area contributed by atoms with Gasteiger partial charge in [-0.15, -0.1) is 12.4 Å². The standard InChI is InChI=1S/C4H10O3.ClH.H3N/c5-1-4(2-6)3-7;;/h4-7H,1-3H2;1H;1H3. The topological polar surface area (TPSA) is 95.7 Å². The molecule has 0 aliphatic carbocycles. The molecule has 0 aromatic rings. The molecule has 0 spiro atoms. The highest BCUT2D eigenvalue weighted by Crippen LogP contribution is 1.87. The van der Waals surface area contributed by atoms with Crippen LogP contribution in [0.1, 0.15) is 0 Å². The Morgan fingerprint density at radius 3 is 1.11 bits per heavy atom. The first-order valence-electron chi connectivity index (χ1n) is 2.17. The van der Waals surface area contributed by atoms with E-state index in [9.17, 15) is 0 Å². The molecule has 0 aliphatic heterocycles. The lowest BCUT2D eigenvalue weighted by molar-refractivity contribution is 0.0969. The summed E-state index contributed by atoms with van der Waals surface area (Å²) in [5.41, 5.74) is 0. The van der Waals surface area contributed by atoms with Gasteiger partial charge in [-0.3, -0.25) is 0 Å². The maximum Gasteiger partial charge on any atom is 0.0503 e. The predicted molar refractivity (Wildman–Crippen MR) is 37.0 cm³/mol. The van der Waals surface area contributed by atoms with Gasteiger partial charge in [-0.25, -0.2) is 0 Å². The molecule has 0 fully saturated rings. The molecule has 0 saturated heterocycles. The van der Waals surface area contributed by atoms with Crippen molar-refractivity contribution in [2.24, 2.45) is 5.92 Å². The predicted octanol–water partition coefficient (Wildman–Crippen LogP) is -0.837. The summed E-state index contributed by atoms with van der Waals surface area (Å²) in [4.78, 5) is 0. The van der Waals surface area contributed by atoms with Crippen molar-refractivity contribution in [3.8, 4) is 0 Å². The summed E-state index contributed by atoms with van der Waals surface area (Å²) < 4.78 is 0. The van der Waals surface area contributed by atoms with E-state index in [0.717, 1.165) is 0 Å². The zero-order chi connectivity index (χ0) is 5.70. The van der Waals surface area contributed by atoms with Crippen LogP contribution in [0, 0.1) is 5.92 Å². The third-order valence-corrected chi connectivity index (χ3v) is 0.775. The second kappa shape index (κ2) is 11.0. The monoisotopic (exact) mass is 159 g/mol. The SMILES string of the molecule is Cl.N.OCC(CO)CO. The second-order valence-electron chi connectivity index (χ2n) is 1.41. The Kier molecular flexibility index (Phi) is 19.6. The number of halogens is 1. The molecule has 0 heterocycles. The highest BCUT2D eigenvalue weighted by Gasteiger charge is 2.00. The summed E-state index contributed by atoms with van der Waals surface area (Å²) in [6, 6.07) is 0. The highest BCUT2D eigenvalue weighted by molar-refractivity contribution is 5.85. The van der Waals surface area contributed by atoms with Crippen LogP contribution < -0.4 is 6.15 Å². The smallest absolute Gasteiger partial charge is 0.0503 e. The maximum atomic E-state index is 8.21. The molecule has 0 rings (SSSR count). The van der Waals surface area contributed by atoms with Crippen LogP contribution in [-0.4, -0.2) is 35.1 Å². The van der Waals surface area contributed by atoms with E-state index in [2.05, 4.69) is 0 Å². The molecule has 0 bridgehead atoms. The van der Waals surface area contributed by atoms with Crippen LogP contribution in [0.25, 0.3) is 0 Å². The lowest BCUT2D eigenvalue weighted by atomic mass is 10.2. The van der Waals surface area contributed by atoms with Crippen LogP contribution >= 0.6 is 12.4 Å². The van der Waals surface area contributed by atoms with Crippen molar-refractivity contribution in [1.82, 2.24) is 6.15 Å². The fraction of sp³-hybridized carbons (Fsp3) is 1.00. The lowest BCUT2D eigenvalue weighted by Gasteiger charge is -2.02. The van der Waals surface area contributed by atoms with Gasteiger partial charge in [0.2, 0.25) is 0 Å². The van der Waals surface area contributed by atoms with E-state index < -0.39 is 0 Å². The van der Waals surface area contributed by atoms with Gasteiger partial charge in [0.05, 0.1) is 19.8 Å². The summed E-state index contributed by atoms with van der Waals surface area (Å²) in [6.45, 7) is -0.437. The normalized spacial score (nSPS) is 8.00. The van der Waals surface area contributed by atoms with Gasteiger partial charge in [-0.05, 0) is 0 Å². The first kappa shape index (κ1) is 16.1. The quantitative estimate of drug-likeness (QED) is 0.432. The Bertz CT molecular complexity index is 37.3. The Morgan fingerprint density at radius 1 is 0.889 bits per heavy atom. The lowest BCUT2D eigenvalue weighted by Crippen LogP contribution is -2.14. The molecular formula is C4H14ClNO3. The van der Waals surface area contributed by atoms with E-state index in [4.69, 9.17) is 15.3 Å². The molecule has 0 atom stereocenters. The zero-order valence-electron chi connectivity index (χ0n) is 5.16. The van der Waals surface area contributed by atoms with Crippen molar-refractivity contribution in [2.45, 2.75) is 0 Å². The number of aliphatic hydroxyl groups is 3. The molecule has 9 heavy (non-hydrogen) atoms. The first-order valence-corrected chi connectivity index (χ1v) is 2.17. The van der Waals surface area contributed by atoms with Gasteiger partial charge in [-0.2, -0.15) is 0 Å². The van der Waals surface area contributed by atoms with Crippen molar-refractivity contribution >= 4 is 12.4 Å². The molecule has 0 radical (unpaired) electrons. The van der Waals surface area contributed by atoms with Crippen molar-refractivity contribution < 1.29 is 15.3 Å². The molecular weight excluding hydrogens is 146 g/mol. The average molecular weight is 160 g/mol. The van der Waals surface area contributed by atoms with Crippen LogP contribution in [0.3, 0.4) is 0 Å². The summed E-state index contributed by atoms with van der Waals surface area (Å²) in [7, 11) is 0. The molecule has 0 saturated carbocycles. The van der Waals surface area contributed by atoms with Gasteiger partial charge in [0.15, 0.2) is 0 Å². The first-order chi connectivity index (χ1) is 3.35. The summed E-state index contributed by atoms with van der Waals surface area (Å²) >= 11 is 0. The third kappa shape index (κ3) is 8.13. The number of aliphatic hydroxyl groups excluding tert-OH is 3. The van der Waals surface area contributed by atoms with Gasteiger partial charge in [0.25, 0.3) is 0 Å². The van der Waals surface area contributed by atoms with Crippen molar-refractivity contribution in [3.05, 3.63) is 0 Å². The van der Waals surface area contributed by atoms with E-state index in [0.29, 0.717) is 0 Å². The summed E-state index contributed by atoms with van der Waals surface area (Å²) in [6.07, 6.45) is 0. The van der Waals surface area contributed by atoms with Crippen LogP contribution in [0.15, 0.2) is 0 Å². The molecule has 0 unspecified atom stereocenters. The largest absolute Gasteiger partial charge is 0.396 e. The molecule has 60 valence electrons. The molecule has 6 N–H and O–H groups in total. The summed E-state index contributed by atoms with van der Waals surface area (Å²) in [5.74, 6) is -0.347. The van der Waals surface area contributed by atoms with Crippen molar-refractivity contribution in [3.63, 3.8) is 0 Å². The van der Waals surface area contributed by atoms with E-state index in [-0.39, 0.29) is 44.3 Å². The molecule has 0 aromatic heterocycles. The van der Waals surface area contributed by atoms with Crippen LogP contribution in [0.5, 0.6) is 0 Å². The molecule has 5 heteroatoms. The van der Waals surface area contributed by atoms with Crippen LogP contribution in [0.4, 0.5) is 0 Å². The third-order valence-electron chi connectivity index (χ3n) is 0.775. The van der Waals surface area contributed by atoms with Crippen molar-refractivity contribution in [1.29, 1.82) is 0 Å². The van der Waals surface area contributed by atoms with Crippen molar-refractivity contribution in [2.75, 3.05) is 19.8 Å². The minimum Gasteiger partial charge on any atom is -0.396 e. The van der Waals surface area contributed by atoms with Gasteiger partial charge < -0.3 is 21.5 Å². The Balaban J connectivity index is -0.000000180.